The van der Waals surface area contributed by atoms with Gasteiger partial charge in [-0.1, -0.05) is 0 Å². The number of hydrogen-bond donors (Lipinski definition) is 0. The summed E-state index contributed by atoms with van der Waals surface area (Å²) in [7, 11) is 0. The highest BCUT2D eigenvalue weighted by Crippen LogP contribution is 2.16. The molecular formula is C20H30N2O3. The summed E-state index contributed by atoms with van der Waals surface area (Å²) >= 11 is 0. The maximum absolute atomic E-state index is 12.8. The highest BCUT2D eigenvalue weighted by Gasteiger charge is 2.21. The van der Waals surface area contributed by atoms with Crippen molar-refractivity contribution < 1.29 is 14.3 Å². The fourth-order valence-corrected chi connectivity index (χ4v) is 3.15. The molecule has 1 fully saturated rings. The molecule has 0 radical (unpaired) electrons. The van der Waals surface area contributed by atoms with Crippen LogP contribution in [0.2, 0.25) is 0 Å². The molecule has 1 heterocycles. The second-order valence-electron chi connectivity index (χ2n) is 6.74. The Labute approximate surface area is 150 Å². The third-order valence-corrected chi connectivity index (χ3v) is 4.54. The van der Waals surface area contributed by atoms with Crippen LogP contribution in [0.5, 0.6) is 5.75 Å². The fourth-order valence-electron chi connectivity index (χ4n) is 3.15. The van der Waals surface area contributed by atoms with E-state index in [0.717, 1.165) is 31.7 Å². The van der Waals surface area contributed by atoms with Crippen molar-refractivity contribution in [3.63, 3.8) is 0 Å². The monoisotopic (exact) mass is 346 g/mol. The lowest BCUT2D eigenvalue weighted by Crippen LogP contribution is -2.38. The SMILES string of the molecule is CCOc1ccc(C(=O)N(CCCC(=O)N2CCCC2)C(C)C)cc1. The first-order chi connectivity index (χ1) is 12.0. The van der Waals surface area contributed by atoms with Gasteiger partial charge in [0.2, 0.25) is 5.91 Å². The van der Waals surface area contributed by atoms with Gasteiger partial charge < -0.3 is 14.5 Å². The summed E-state index contributed by atoms with van der Waals surface area (Å²) in [5.74, 6) is 0.993. The molecular weight excluding hydrogens is 316 g/mol. The van der Waals surface area contributed by atoms with E-state index in [2.05, 4.69) is 0 Å². The Kier molecular flexibility index (Phi) is 7.29. The number of rotatable bonds is 8. The number of ether oxygens (including phenoxy) is 1. The van der Waals surface area contributed by atoms with Crippen LogP contribution in [-0.4, -0.2) is 53.9 Å². The van der Waals surface area contributed by atoms with Crippen LogP contribution in [0.4, 0.5) is 0 Å². The summed E-state index contributed by atoms with van der Waals surface area (Å²) in [6, 6.07) is 7.36. The van der Waals surface area contributed by atoms with Crippen LogP contribution in [0.1, 0.15) is 56.8 Å². The van der Waals surface area contributed by atoms with Gasteiger partial charge in [0.15, 0.2) is 0 Å². The van der Waals surface area contributed by atoms with Crippen LogP contribution in [0, 0.1) is 0 Å². The van der Waals surface area contributed by atoms with Crippen LogP contribution in [0.25, 0.3) is 0 Å². The van der Waals surface area contributed by atoms with Gasteiger partial charge in [-0.3, -0.25) is 9.59 Å². The molecule has 1 aromatic rings. The highest BCUT2D eigenvalue weighted by atomic mass is 16.5. The lowest BCUT2D eigenvalue weighted by Gasteiger charge is -2.27. The van der Waals surface area contributed by atoms with E-state index in [-0.39, 0.29) is 17.9 Å². The van der Waals surface area contributed by atoms with E-state index in [1.54, 1.807) is 12.1 Å². The number of hydrogen-bond acceptors (Lipinski definition) is 3. The zero-order chi connectivity index (χ0) is 18.2. The Hall–Kier alpha value is -2.04. The summed E-state index contributed by atoms with van der Waals surface area (Å²) < 4.78 is 5.42. The van der Waals surface area contributed by atoms with Crippen molar-refractivity contribution >= 4 is 11.8 Å². The Morgan fingerprint density at radius 2 is 1.80 bits per heavy atom. The smallest absolute Gasteiger partial charge is 0.254 e. The Morgan fingerprint density at radius 1 is 1.16 bits per heavy atom. The van der Waals surface area contributed by atoms with Crippen molar-refractivity contribution in [3.05, 3.63) is 29.8 Å². The quantitative estimate of drug-likeness (QED) is 0.725. The van der Waals surface area contributed by atoms with Gasteiger partial charge in [0.05, 0.1) is 6.61 Å². The van der Waals surface area contributed by atoms with Crippen molar-refractivity contribution in [1.29, 1.82) is 0 Å². The molecule has 0 bridgehead atoms. The zero-order valence-electron chi connectivity index (χ0n) is 15.7. The largest absolute Gasteiger partial charge is 0.494 e. The zero-order valence-corrected chi connectivity index (χ0v) is 15.7. The summed E-state index contributed by atoms with van der Waals surface area (Å²) in [5, 5.41) is 0. The summed E-state index contributed by atoms with van der Waals surface area (Å²) in [6.07, 6.45) is 3.44. The third-order valence-electron chi connectivity index (χ3n) is 4.54. The van der Waals surface area contributed by atoms with Gasteiger partial charge in [-0.15, -0.1) is 0 Å². The molecule has 0 N–H and O–H groups in total. The van der Waals surface area contributed by atoms with E-state index in [9.17, 15) is 9.59 Å². The molecule has 2 amide bonds. The molecule has 0 spiro atoms. The van der Waals surface area contributed by atoms with Crippen LogP contribution in [0.3, 0.4) is 0 Å². The molecule has 5 nitrogen and oxygen atoms in total. The van der Waals surface area contributed by atoms with Crippen LogP contribution < -0.4 is 4.74 Å². The number of carbonyl (C=O) groups excluding carboxylic acids is 2. The van der Waals surface area contributed by atoms with Crippen molar-refractivity contribution in [2.75, 3.05) is 26.2 Å². The fraction of sp³-hybridized carbons (Fsp3) is 0.600. The molecule has 1 saturated heterocycles. The van der Waals surface area contributed by atoms with Gasteiger partial charge >= 0.3 is 0 Å². The molecule has 1 aromatic carbocycles. The second kappa shape index (κ2) is 9.44. The topological polar surface area (TPSA) is 49.9 Å². The predicted molar refractivity (Wildman–Crippen MR) is 98.8 cm³/mol. The molecule has 0 aromatic heterocycles. The number of likely N-dealkylation sites (tertiary alicyclic amines) is 1. The number of benzene rings is 1. The molecule has 138 valence electrons. The minimum atomic E-state index is 0.00618. The first kappa shape index (κ1) is 19.3. The summed E-state index contributed by atoms with van der Waals surface area (Å²) in [4.78, 5) is 28.7. The minimum absolute atomic E-state index is 0.00618. The molecule has 0 aliphatic carbocycles. The van der Waals surface area contributed by atoms with Gasteiger partial charge in [-0.05, 0) is 64.3 Å². The molecule has 1 aliphatic rings. The van der Waals surface area contributed by atoms with E-state index >= 15 is 0 Å². The predicted octanol–water partition coefficient (Wildman–Crippen LogP) is 3.34. The maximum Gasteiger partial charge on any atom is 0.254 e. The summed E-state index contributed by atoms with van der Waals surface area (Å²) in [5.41, 5.74) is 0.656. The maximum atomic E-state index is 12.8. The van der Waals surface area contributed by atoms with E-state index < -0.39 is 0 Å². The number of nitrogens with zero attached hydrogens (tertiary/aromatic N) is 2. The van der Waals surface area contributed by atoms with Crippen molar-refractivity contribution in [2.24, 2.45) is 0 Å². The van der Waals surface area contributed by atoms with Gasteiger partial charge in [0.25, 0.3) is 5.91 Å². The normalized spacial score (nSPS) is 14.0. The standard InChI is InChI=1S/C20H30N2O3/c1-4-25-18-11-9-17(10-12-18)20(24)22(16(2)3)15-7-8-19(23)21-13-5-6-14-21/h9-12,16H,4-8,13-15H2,1-3H3. The summed E-state index contributed by atoms with van der Waals surface area (Å²) in [6.45, 7) is 8.93. The van der Waals surface area contributed by atoms with E-state index in [4.69, 9.17) is 4.74 Å². The van der Waals surface area contributed by atoms with Crippen molar-refractivity contribution in [3.8, 4) is 5.75 Å². The lowest BCUT2D eigenvalue weighted by atomic mass is 10.1. The first-order valence-electron chi connectivity index (χ1n) is 9.34. The Morgan fingerprint density at radius 3 is 2.36 bits per heavy atom. The highest BCUT2D eigenvalue weighted by molar-refractivity contribution is 5.94. The van der Waals surface area contributed by atoms with Crippen LogP contribution in [-0.2, 0) is 4.79 Å². The average Bonchev–Trinajstić information content (AvgIpc) is 3.13. The van der Waals surface area contributed by atoms with Gasteiger partial charge in [0.1, 0.15) is 5.75 Å². The van der Waals surface area contributed by atoms with Crippen LogP contribution in [0.15, 0.2) is 24.3 Å². The van der Waals surface area contributed by atoms with E-state index in [0.29, 0.717) is 31.6 Å². The van der Waals surface area contributed by atoms with Gasteiger partial charge in [-0.2, -0.15) is 0 Å². The third kappa shape index (κ3) is 5.48. The first-order valence-corrected chi connectivity index (χ1v) is 9.34. The van der Waals surface area contributed by atoms with Crippen molar-refractivity contribution in [2.45, 2.75) is 52.5 Å². The van der Waals surface area contributed by atoms with Gasteiger partial charge in [0, 0.05) is 37.7 Å². The Balaban J connectivity index is 1.90. The number of carbonyl (C=O) groups is 2. The lowest BCUT2D eigenvalue weighted by molar-refractivity contribution is -0.130. The number of amides is 2. The Bertz CT molecular complexity index is 563. The van der Waals surface area contributed by atoms with Gasteiger partial charge in [-0.25, -0.2) is 0 Å². The molecule has 0 atom stereocenters. The molecule has 5 heteroatoms. The molecule has 25 heavy (non-hydrogen) atoms. The average molecular weight is 346 g/mol. The van der Waals surface area contributed by atoms with Crippen molar-refractivity contribution in [1.82, 2.24) is 9.80 Å². The van der Waals surface area contributed by atoms with Crippen LogP contribution >= 0.6 is 0 Å². The molecule has 1 aliphatic heterocycles. The molecule has 0 unspecified atom stereocenters. The minimum Gasteiger partial charge on any atom is -0.494 e. The molecule has 2 rings (SSSR count). The molecule has 0 saturated carbocycles. The van der Waals surface area contributed by atoms with E-state index in [1.165, 1.54) is 0 Å². The van der Waals surface area contributed by atoms with E-state index in [1.807, 2.05) is 42.7 Å². The second-order valence-corrected chi connectivity index (χ2v) is 6.74.